The van der Waals surface area contributed by atoms with Crippen LogP contribution in [0.15, 0.2) is 36.5 Å². The highest BCUT2D eigenvalue weighted by Crippen LogP contribution is 2.51. The Balaban J connectivity index is 0.000000913. The summed E-state index contributed by atoms with van der Waals surface area (Å²) in [6.07, 6.45) is 6.97. The van der Waals surface area contributed by atoms with Gasteiger partial charge in [0.25, 0.3) is 0 Å². The van der Waals surface area contributed by atoms with Gasteiger partial charge in [0.05, 0.1) is 10.9 Å². The van der Waals surface area contributed by atoms with Crippen molar-refractivity contribution >= 4 is 41.2 Å². The Morgan fingerprint density at radius 3 is 2.62 bits per heavy atom. The maximum absolute atomic E-state index is 14.9. The molecular formula is C23H27Cl2FN4O2. The standard InChI is InChI=1S/C22H24Cl2FN3O.CH3NO/c1-28-13-16(15-6-5-7-17(23)20(15)25)19(22(28)9-3-2-4-10-22)21(29)27-14-8-11-26-18(24)12-14;2-1-3/h5-8,11-12,16,19H,2-4,9-10,13H2,1H3,(H,26,27,29);1H,(H2,2,3). The minimum Gasteiger partial charge on any atom is -0.372 e. The third kappa shape index (κ3) is 4.90. The number of carbonyl (C=O) groups excluding carboxylic acids is 2. The SMILES string of the molecule is CN1CC(c2cccc(Cl)c2F)C(C(=O)Nc2ccnc(Cl)c2)C12CCCCC2.NC=O. The summed E-state index contributed by atoms with van der Waals surface area (Å²) in [7, 11) is 2.05. The van der Waals surface area contributed by atoms with Gasteiger partial charge in [0.1, 0.15) is 11.0 Å². The van der Waals surface area contributed by atoms with Crippen LogP contribution >= 0.6 is 23.2 Å². The number of primary amides is 1. The Kier molecular flexibility index (Phi) is 8.09. The number of carbonyl (C=O) groups is 2. The van der Waals surface area contributed by atoms with E-state index in [1.54, 1.807) is 36.5 Å². The number of likely N-dealkylation sites (tertiary alicyclic amines) is 1. The number of halogens is 3. The largest absolute Gasteiger partial charge is 0.372 e. The molecule has 1 saturated carbocycles. The number of amides is 2. The predicted molar refractivity (Wildman–Crippen MR) is 124 cm³/mol. The minimum absolute atomic E-state index is 0.0924. The van der Waals surface area contributed by atoms with Crippen LogP contribution in [0, 0.1) is 11.7 Å². The van der Waals surface area contributed by atoms with Crippen LogP contribution < -0.4 is 11.1 Å². The molecule has 4 rings (SSSR count). The molecule has 3 N–H and O–H groups in total. The van der Waals surface area contributed by atoms with Crippen molar-refractivity contribution < 1.29 is 14.0 Å². The molecule has 2 heterocycles. The van der Waals surface area contributed by atoms with Crippen molar-refractivity contribution in [3.63, 3.8) is 0 Å². The Labute approximate surface area is 197 Å². The number of aromatic nitrogens is 1. The summed E-state index contributed by atoms with van der Waals surface area (Å²) in [5, 5.41) is 3.41. The normalized spacial score (nSPS) is 22.1. The molecule has 2 amide bonds. The molecule has 9 heteroatoms. The zero-order valence-corrected chi connectivity index (χ0v) is 19.4. The maximum atomic E-state index is 14.9. The number of rotatable bonds is 3. The summed E-state index contributed by atoms with van der Waals surface area (Å²) in [5.41, 5.74) is 5.00. The second-order valence-corrected chi connectivity index (χ2v) is 9.06. The van der Waals surface area contributed by atoms with E-state index < -0.39 is 5.82 Å². The van der Waals surface area contributed by atoms with Crippen LogP contribution in [0.2, 0.25) is 10.2 Å². The number of nitrogens with two attached hydrogens (primary N) is 1. The number of nitrogens with one attached hydrogen (secondary N) is 1. The van der Waals surface area contributed by atoms with E-state index in [1.807, 2.05) is 0 Å². The molecule has 172 valence electrons. The smallest absolute Gasteiger partial charge is 0.230 e. The number of hydrogen-bond donors (Lipinski definition) is 2. The molecule has 2 aliphatic rings. The Morgan fingerprint density at radius 2 is 1.97 bits per heavy atom. The average molecular weight is 481 g/mol. The summed E-state index contributed by atoms with van der Waals surface area (Å²) in [4.78, 5) is 28.4. The zero-order chi connectivity index (χ0) is 23.3. The fraction of sp³-hybridized carbons (Fsp3) is 0.435. The molecule has 1 aliphatic carbocycles. The van der Waals surface area contributed by atoms with Crippen molar-refractivity contribution in [3.8, 4) is 0 Å². The van der Waals surface area contributed by atoms with Crippen LogP contribution in [0.5, 0.6) is 0 Å². The zero-order valence-electron chi connectivity index (χ0n) is 17.9. The van der Waals surface area contributed by atoms with Gasteiger partial charge in [-0.05, 0) is 43.7 Å². The Hall–Kier alpha value is -2.22. The fourth-order valence-corrected chi connectivity index (χ4v) is 5.62. The first-order chi connectivity index (χ1) is 15.3. The van der Waals surface area contributed by atoms with Crippen molar-refractivity contribution in [2.24, 2.45) is 11.7 Å². The lowest BCUT2D eigenvalue weighted by Gasteiger charge is -2.43. The predicted octanol–water partition coefficient (Wildman–Crippen LogP) is 4.62. The van der Waals surface area contributed by atoms with Crippen molar-refractivity contribution in [2.75, 3.05) is 18.9 Å². The molecule has 0 bridgehead atoms. The summed E-state index contributed by atoms with van der Waals surface area (Å²) in [5.74, 6) is -1.19. The second-order valence-electron chi connectivity index (χ2n) is 8.26. The second kappa shape index (κ2) is 10.6. The van der Waals surface area contributed by atoms with Crippen molar-refractivity contribution in [1.82, 2.24) is 9.88 Å². The molecule has 1 saturated heterocycles. The Bertz CT molecular complexity index is 969. The first-order valence-electron chi connectivity index (χ1n) is 10.6. The molecule has 2 fully saturated rings. The van der Waals surface area contributed by atoms with Crippen molar-refractivity contribution in [3.05, 3.63) is 58.1 Å². The molecule has 1 aromatic heterocycles. The average Bonchev–Trinajstić information content (AvgIpc) is 3.02. The molecule has 6 nitrogen and oxygen atoms in total. The van der Waals surface area contributed by atoms with Gasteiger partial charge in [-0.2, -0.15) is 0 Å². The van der Waals surface area contributed by atoms with E-state index in [2.05, 4.69) is 28.0 Å². The van der Waals surface area contributed by atoms with E-state index >= 15 is 0 Å². The molecule has 0 radical (unpaired) electrons. The van der Waals surface area contributed by atoms with Gasteiger partial charge in [0.2, 0.25) is 12.3 Å². The van der Waals surface area contributed by atoms with Gasteiger partial charge in [-0.1, -0.05) is 54.6 Å². The number of benzene rings is 1. The fourth-order valence-electron chi connectivity index (χ4n) is 5.26. The van der Waals surface area contributed by atoms with Crippen LogP contribution in [0.3, 0.4) is 0 Å². The highest BCUT2D eigenvalue weighted by Gasteiger charge is 2.56. The molecule has 2 atom stereocenters. The maximum Gasteiger partial charge on any atom is 0.230 e. The molecule has 1 aliphatic heterocycles. The van der Waals surface area contributed by atoms with Crippen molar-refractivity contribution in [2.45, 2.75) is 43.6 Å². The van der Waals surface area contributed by atoms with Crippen LogP contribution in [0.1, 0.15) is 43.6 Å². The van der Waals surface area contributed by atoms with Gasteiger partial charge in [-0.3, -0.25) is 14.5 Å². The monoisotopic (exact) mass is 480 g/mol. The van der Waals surface area contributed by atoms with E-state index in [1.165, 1.54) is 6.42 Å². The van der Waals surface area contributed by atoms with Crippen LogP contribution in [0.4, 0.5) is 10.1 Å². The molecule has 32 heavy (non-hydrogen) atoms. The summed E-state index contributed by atoms with van der Waals surface area (Å²) in [6, 6.07) is 8.39. The topological polar surface area (TPSA) is 88.3 Å². The highest BCUT2D eigenvalue weighted by atomic mass is 35.5. The van der Waals surface area contributed by atoms with Gasteiger partial charge < -0.3 is 11.1 Å². The van der Waals surface area contributed by atoms with E-state index in [-0.39, 0.29) is 34.7 Å². The molecule has 1 spiro atoms. The number of anilines is 1. The first-order valence-corrected chi connectivity index (χ1v) is 11.3. The van der Waals surface area contributed by atoms with E-state index in [0.717, 1.165) is 25.7 Å². The van der Waals surface area contributed by atoms with Gasteiger partial charge in [-0.25, -0.2) is 9.37 Å². The number of likely N-dealkylation sites (N-methyl/N-ethyl adjacent to an activating group) is 1. The Morgan fingerprint density at radius 1 is 1.28 bits per heavy atom. The molecule has 2 unspecified atom stereocenters. The summed E-state index contributed by atoms with van der Waals surface area (Å²) in [6.45, 7) is 0.618. The summed E-state index contributed by atoms with van der Waals surface area (Å²) < 4.78 is 14.9. The minimum atomic E-state index is -0.426. The van der Waals surface area contributed by atoms with Crippen LogP contribution in [0.25, 0.3) is 0 Å². The summed E-state index contributed by atoms with van der Waals surface area (Å²) >= 11 is 12.1. The van der Waals surface area contributed by atoms with Gasteiger partial charge in [0.15, 0.2) is 0 Å². The number of nitrogens with zero attached hydrogens (tertiary/aromatic N) is 2. The first kappa shape index (κ1) is 24.4. The van der Waals surface area contributed by atoms with Gasteiger partial charge in [0, 0.05) is 29.9 Å². The lowest BCUT2D eigenvalue weighted by Crippen LogP contribution is -2.51. The third-order valence-electron chi connectivity index (χ3n) is 6.59. The molecular weight excluding hydrogens is 454 g/mol. The van der Waals surface area contributed by atoms with Gasteiger partial charge >= 0.3 is 0 Å². The van der Waals surface area contributed by atoms with E-state index in [0.29, 0.717) is 22.9 Å². The van der Waals surface area contributed by atoms with E-state index in [9.17, 15) is 9.18 Å². The van der Waals surface area contributed by atoms with Crippen LogP contribution in [-0.2, 0) is 9.59 Å². The lowest BCUT2D eigenvalue weighted by atomic mass is 9.69. The van der Waals surface area contributed by atoms with Gasteiger partial charge in [-0.15, -0.1) is 0 Å². The lowest BCUT2D eigenvalue weighted by molar-refractivity contribution is -0.123. The van der Waals surface area contributed by atoms with Crippen molar-refractivity contribution in [1.29, 1.82) is 0 Å². The highest BCUT2D eigenvalue weighted by molar-refractivity contribution is 6.30. The number of hydrogen-bond acceptors (Lipinski definition) is 4. The third-order valence-corrected chi connectivity index (χ3v) is 7.09. The van der Waals surface area contributed by atoms with E-state index in [4.69, 9.17) is 28.0 Å². The van der Waals surface area contributed by atoms with Crippen LogP contribution in [-0.4, -0.2) is 41.3 Å². The molecule has 1 aromatic carbocycles. The number of pyridine rings is 1. The quantitative estimate of drug-likeness (QED) is 0.495. The molecule has 2 aromatic rings.